The number of halogens is 1. The van der Waals surface area contributed by atoms with Gasteiger partial charge in [-0.1, -0.05) is 19.1 Å². The van der Waals surface area contributed by atoms with Gasteiger partial charge in [0.2, 0.25) is 0 Å². The molecular weight excluding hydrogens is 356 g/mol. The lowest BCUT2D eigenvalue weighted by molar-refractivity contribution is 0.173. The number of benzene rings is 1. The fourth-order valence-electron chi connectivity index (χ4n) is 1.76. The number of aliphatic hydroxyl groups excluding tert-OH is 1. The van der Waals surface area contributed by atoms with Crippen LogP contribution in [0.1, 0.15) is 25.0 Å². The molecular formula is C14H15BrN2O3S. The van der Waals surface area contributed by atoms with Crippen LogP contribution in [0.4, 0.5) is 5.82 Å². The zero-order valence-corrected chi connectivity index (χ0v) is 13.7. The number of aromatic nitrogens is 1. The number of rotatable bonds is 5. The molecule has 1 aromatic heterocycles. The van der Waals surface area contributed by atoms with Crippen molar-refractivity contribution in [1.29, 1.82) is 0 Å². The maximum absolute atomic E-state index is 12.3. The summed E-state index contributed by atoms with van der Waals surface area (Å²) in [6, 6.07) is 9.51. The van der Waals surface area contributed by atoms with Crippen molar-refractivity contribution in [2.45, 2.75) is 24.3 Å². The number of aliphatic hydroxyl groups is 1. The fraction of sp³-hybridized carbons (Fsp3) is 0.214. The molecule has 112 valence electrons. The molecule has 0 saturated heterocycles. The van der Waals surface area contributed by atoms with Crippen LogP contribution in [0.3, 0.4) is 0 Å². The molecule has 1 heterocycles. The number of anilines is 1. The number of pyridine rings is 1. The van der Waals surface area contributed by atoms with Gasteiger partial charge in [-0.05, 0) is 52.2 Å². The minimum Gasteiger partial charge on any atom is -0.388 e. The topological polar surface area (TPSA) is 79.3 Å². The summed E-state index contributed by atoms with van der Waals surface area (Å²) in [5.41, 5.74) is 0.573. The molecule has 21 heavy (non-hydrogen) atoms. The van der Waals surface area contributed by atoms with Gasteiger partial charge < -0.3 is 5.11 Å². The Labute approximate surface area is 132 Å². The van der Waals surface area contributed by atoms with Crippen molar-refractivity contribution in [3.8, 4) is 0 Å². The average molecular weight is 371 g/mol. The zero-order chi connectivity index (χ0) is 15.5. The Hall–Kier alpha value is -1.44. The Balaban J connectivity index is 2.29. The molecule has 0 fully saturated rings. The summed E-state index contributed by atoms with van der Waals surface area (Å²) in [6.07, 6.45) is 1.35. The van der Waals surface area contributed by atoms with Crippen LogP contribution in [0.5, 0.6) is 0 Å². The van der Waals surface area contributed by atoms with Crippen molar-refractivity contribution in [1.82, 2.24) is 4.98 Å². The van der Waals surface area contributed by atoms with Gasteiger partial charge in [0.1, 0.15) is 5.82 Å². The lowest BCUT2D eigenvalue weighted by atomic mass is 10.1. The van der Waals surface area contributed by atoms with E-state index in [1.54, 1.807) is 24.3 Å². The lowest BCUT2D eigenvalue weighted by Crippen LogP contribution is -2.14. The standard InChI is InChI=1S/C14H15BrN2O3S/c1-2-13(18)10-4-3-5-12(8-10)21(19,20)17-14-7-6-11(15)9-16-14/h3-9,13,18H,2H2,1H3,(H,16,17). The molecule has 0 aliphatic rings. The van der Waals surface area contributed by atoms with Crippen LogP contribution in [0.2, 0.25) is 0 Å². The Morgan fingerprint density at radius 2 is 2.10 bits per heavy atom. The summed E-state index contributed by atoms with van der Waals surface area (Å²) in [7, 11) is -3.73. The molecule has 2 aromatic rings. The molecule has 7 heteroatoms. The van der Waals surface area contributed by atoms with Gasteiger partial charge in [0.15, 0.2) is 0 Å². The van der Waals surface area contributed by atoms with Gasteiger partial charge in [0, 0.05) is 10.7 Å². The second kappa shape index (κ2) is 6.55. The molecule has 1 unspecified atom stereocenters. The minimum atomic E-state index is -3.73. The normalized spacial score (nSPS) is 12.9. The molecule has 0 aliphatic carbocycles. The Morgan fingerprint density at radius 3 is 2.71 bits per heavy atom. The van der Waals surface area contributed by atoms with Crippen LogP contribution >= 0.6 is 15.9 Å². The van der Waals surface area contributed by atoms with Crippen LogP contribution in [-0.2, 0) is 10.0 Å². The molecule has 1 atom stereocenters. The van der Waals surface area contributed by atoms with Crippen molar-refractivity contribution >= 4 is 31.8 Å². The van der Waals surface area contributed by atoms with Crippen LogP contribution in [0.25, 0.3) is 0 Å². The summed E-state index contributed by atoms with van der Waals surface area (Å²) < 4.78 is 27.8. The van der Waals surface area contributed by atoms with Gasteiger partial charge in [0.05, 0.1) is 11.0 Å². The first-order chi connectivity index (χ1) is 9.92. The maximum atomic E-state index is 12.3. The molecule has 0 saturated carbocycles. The Morgan fingerprint density at radius 1 is 1.33 bits per heavy atom. The number of hydrogen-bond acceptors (Lipinski definition) is 4. The number of sulfonamides is 1. The van der Waals surface area contributed by atoms with E-state index in [4.69, 9.17) is 0 Å². The van der Waals surface area contributed by atoms with Gasteiger partial charge in [-0.2, -0.15) is 0 Å². The highest BCUT2D eigenvalue weighted by Crippen LogP contribution is 2.21. The van der Waals surface area contributed by atoms with E-state index in [1.165, 1.54) is 18.3 Å². The van der Waals surface area contributed by atoms with Gasteiger partial charge in [0.25, 0.3) is 10.0 Å². The van der Waals surface area contributed by atoms with Crippen LogP contribution in [0, 0.1) is 0 Å². The highest BCUT2D eigenvalue weighted by Gasteiger charge is 2.16. The SMILES string of the molecule is CCC(O)c1cccc(S(=O)(=O)Nc2ccc(Br)cn2)c1. The smallest absolute Gasteiger partial charge is 0.263 e. The van der Waals surface area contributed by atoms with Crippen molar-refractivity contribution < 1.29 is 13.5 Å². The largest absolute Gasteiger partial charge is 0.388 e. The van der Waals surface area contributed by atoms with Gasteiger partial charge in [-0.3, -0.25) is 4.72 Å². The lowest BCUT2D eigenvalue weighted by Gasteiger charge is -2.11. The van der Waals surface area contributed by atoms with Crippen molar-refractivity contribution in [3.05, 3.63) is 52.6 Å². The first-order valence-electron chi connectivity index (χ1n) is 6.35. The van der Waals surface area contributed by atoms with Crippen molar-refractivity contribution in [2.24, 2.45) is 0 Å². The molecule has 0 spiro atoms. The summed E-state index contributed by atoms with van der Waals surface area (Å²) in [6.45, 7) is 1.83. The second-order valence-corrected chi connectivity index (χ2v) is 7.06. The van der Waals surface area contributed by atoms with Gasteiger partial charge in [-0.25, -0.2) is 13.4 Å². The summed E-state index contributed by atoms with van der Waals surface area (Å²) >= 11 is 3.24. The number of hydrogen-bond donors (Lipinski definition) is 2. The van der Waals surface area contributed by atoms with Crippen molar-refractivity contribution in [3.63, 3.8) is 0 Å². The summed E-state index contributed by atoms with van der Waals surface area (Å²) in [5.74, 6) is 0.236. The number of nitrogens with one attached hydrogen (secondary N) is 1. The van der Waals surface area contributed by atoms with Crippen LogP contribution in [-0.4, -0.2) is 18.5 Å². The molecule has 0 radical (unpaired) electrons. The first kappa shape index (κ1) is 15.9. The van der Waals surface area contributed by atoms with Gasteiger partial charge >= 0.3 is 0 Å². The third-order valence-corrected chi connectivity index (χ3v) is 4.73. The predicted octanol–water partition coefficient (Wildman–Crippen LogP) is 3.09. The second-order valence-electron chi connectivity index (χ2n) is 4.46. The quantitative estimate of drug-likeness (QED) is 0.847. The minimum absolute atomic E-state index is 0.0946. The highest BCUT2D eigenvalue weighted by atomic mass is 79.9. The third kappa shape index (κ3) is 4.03. The molecule has 2 rings (SSSR count). The van der Waals surface area contributed by atoms with Crippen LogP contribution < -0.4 is 4.72 Å². The van der Waals surface area contributed by atoms with E-state index < -0.39 is 16.1 Å². The summed E-state index contributed by atoms with van der Waals surface area (Å²) in [4.78, 5) is 4.07. The zero-order valence-electron chi connectivity index (χ0n) is 11.3. The van der Waals surface area contributed by atoms with E-state index in [0.717, 1.165) is 4.47 Å². The van der Waals surface area contributed by atoms with E-state index in [2.05, 4.69) is 25.6 Å². The molecule has 0 amide bonds. The Kier molecular flexibility index (Phi) is 4.97. The maximum Gasteiger partial charge on any atom is 0.263 e. The van der Waals surface area contributed by atoms with Gasteiger partial charge in [-0.15, -0.1) is 0 Å². The van der Waals surface area contributed by atoms with Crippen LogP contribution in [0.15, 0.2) is 52.0 Å². The Bertz CT molecular complexity index is 717. The number of nitrogens with zero attached hydrogens (tertiary/aromatic N) is 1. The molecule has 0 aliphatic heterocycles. The fourth-order valence-corrected chi connectivity index (χ4v) is 3.05. The van der Waals surface area contributed by atoms with E-state index in [1.807, 2.05) is 6.92 Å². The molecule has 0 bridgehead atoms. The monoisotopic (exact) mass is 370 g/mol. The predicted molar refractivity (Wildman–Crippen MR) is 84.4 cm³/mol. The highest BCUT2D eigenvalue weighted by molar-refractivity contribution is 9.10. The van der Waals surface area contributed by atoms with Crippen molar-refractivity contribution in [2.75, 3.05) is 4.72 Å². The van der Waals surface area contributed by atoms with E-state index in [-0.39, 0.29) is 10.7 Å². The molecule has 1 aromatic carbocycles. The molecule has 2 N–H and O–H groups in total. The summed E-state index contributed by atoms with van der Waals surface area (Å²) in [5, 5.41) is 9.81. The third-order valence-electron chi connectivity index (χ3n) is 2.91. The first-order valence-corrected chi connectivity index (χ1v) is 8.62. The van der Waals surface area contributed by atoms with E-state index in [0.29, 0.717) is 12.0 Å². The average Bonchev–Trinajstić information content (AvgIpc) is 2.49. The van der Waals surface area contributed by atoms with E-state index >= 15 is 0 Å². The molecule has 5 nitrogen and oxygen atoms in total. The van der Waals surface area contributed by atoms with E-state index in [9.17, 15) is 13.5 Å².